The van der Waals surface area contributed by atoms with Crippen LogP contribution >= 0.6 is 0 Å². The van der Waals surface area contributed by atoms with E-state index in [-0.39, 0.29) is 5.78 Å². The summed E-state index contributed by atoms with van der Waals surface area (Å²) >= 11 is 0. The molecule has 0 aromatic heterocycles. The summed E-state index contributed by atoms with van der Waals surface area (Å²) in [5, 5.41) is 0. The zero-order valence-electron chi connectivity index (χ0n) is 17.0. The number of hydrogen-bond donors (Lipinski definition) is 0. The quantitative estimate of drug-likeness (QED) is 0.248. The third-order valence-electron chi connectivity index (χ3n) is 4.13. The van der Waals surface area contributed by atoms with E-state index in [1.54, 1.807) is 13.8 Å². The van der Waals surface area contributed by atoms with E-state index in [2.05, 4.69) is 39.8 Å². The highest BCUT2D eigenvalue weighted by atomic mass is 16.5. The van der Waals surface area contributed by atoms with Crippen LogP contribution in [0.25, 0.3) is 0 Å². The molecule has 0 aliphatic heterocycles. The first-order valence-corrected chi connectivity index (χ1v) is 9.45. The third-order valence-corrected chi connectivity index (χ3v) is 4.13. The molecule has 0 N–H and O–H groups in total. The van der Waals surface area contributed by atoms with Gasteiger partial charge in [-0.15, -0.1) is 0 Å². The number of hydrogen-bond acceptors (Lipinski definition) is 3. The Morgan fingerprint density at radius 1 is 0.880 bits per heavy atom. The summed E-state index contributed by atoms with van der Waals surface area (Å²) in [6.07, 6.45) is 11.5. The molecule has 0 amide bonds. The maximum absolute atomic E-state index is 11.9. The summed E-state index contributed by atoms with van der Waals surface area (Å²) in [6.45, 7) is 12.3. The van der Waals surface area contributed by atoms with Gasteiger partial charge in [-0.05, 0) is 66.7 Å². The molecule has 0 spiro atoms. The smallest absolute Gasteiger partial charge is 0.316 e. The van der Waals surface area contributed by atoms with Gasteiger partial charge < -0.3 is 4.74 Å². The Labute approximate surface area is 154 Å². The number of rotatable bonds is 12. The van der Waals surface area contributed by atoms with E-state index in [0.717, 1.165) is 25.7 Å². The molecule has 0 bridgehead atoms. The van der Waals surface area contributed by atoms with E-state index >= 15 is 0 Å². The lowest BCUT2D eigenvalue weighted by atomic mass is 9.96. The minimum atomic E-state index is -0.652. The van der Waals surface area contributed by atoms with Crippen LogP contribution in [0.2, 0.25) is 0 Å². The molecule has 3 nitrogen and oxygen atoms in total. The topological polar surface area (TPSA) is 43.4 Å². The van der Waals surface area contributed by atoms with Gasteiger partial charge in [-0.1, -0.05) is 41.9 Å². The highest BCUT2D eigenvalue weighted by molar-refractivity contribution is 5.99. The molecule has 3 heteroatoms. The average Bonchev–Trinajstić information content (AvgIpc) is 2.54. The van der Waals surface area contributed by atoms with Crippen LogP contribution in [-0.2, 0) is 14.3 Å². The van der Waals surface area contributed by atoms with Gasteiger partial charge in [0.1, 0.15) is 11.7 Å². The fourth-order valence-electron chi connectivity index (χ4n) is 2.51. The second-order valence-electron chi connectivity index (χ2n) is 6.82. The summed E-state index contributed by atoms with van der Waals surface area (Å²) in [5.41, 5.74) is 3.99. The first kappa shape index (κ1) is 23.4. The number of carbonyl (C=O) groups is 2. The lowest BCUT2D eigenvalue weighted by Gasteiger charge is -2.12. The van der Waals surface area contributed by atoms with Crippen LogP contribution in [0, 0.1) is 5.92 Å². The Hall–Kier alpha value is -1.64. The molecule has 0 aromatic carbocycles. The molecule has 0 radical (unpaired) electrons. The van der Waals surface area contributed by atoms with Gasteiger partial charge in [0.15, 0.2) is 0 Å². The molecule has 0 aliphatic carbocycles. The molecule has 142 valence electrons. The Morgan fingerprint density at radius 2 is 1.44 bits per heavy atom. The van der Waals surface area contributed by atoms with Gasteiger partial charge in [-0.25, -0.2) is 0 Å². The highest BCUT2D eigenvalue weighted by Crippen LogP contribution is 2.16. The third kappa shape index (κ3) is 11.5. The zero-order valence-corrected chi connectivity index (χ0v) is 17.0. The summed E-state index contributed by atoms with van der Waals surface area (Å²) in [7, 11) is 0. The van der Waals surface area contributed by atoms with Crippen molar-refractivity contribution in [2.24, 2.45) is 5.92 Å². The van der Waals surface area contributed by atoms with E-state index in [4.69, 9.17) is 4.74 Å². The van der Waals surface area contributed by atoms with Crippen LogP contribution in [0.4, 0.5) is 0 Å². The molecule has 1 unspecified atom stereocenters. The molecule has 0 heterocycles. The minimum Gasteiger partial charge on any atom is -0.465 e. The van der Waals surface area contributed by atoms with Crippen molar-refractivity contribution < 1.29 is 14.3 Å². The Kier molecular flexibility index (Phi) is 12.7. The van der Waals surface area contributed by atoms with Gasteiger partial charge in [0, 0.05) is 6.42 Å². The Bertz CT molecular complexity index is 505. The average molecular weight is 349 g/mol. The lowest BCUT2D eigenvalue weighted by Crippen LogP contribution is -2.25. The van der Waals surface area contributed by atoms with Crippen LogP contribution in [0.3, 0.4) is 0 Å². The summed E-state index contributed by atoms with van der Waals surface area (Å²) in [6, 6.07) is 0. The second kappa shape index (κ2) is 13.6. The number of carbonyl (C=O) groups excluding carboxylic acids is 2. The fourth-order valence-corrected chi connectivity index (χ4v) is 2.51. The molecular weight excluding hydrogens is 312 g/mol. The number of allylic oxidation sites excluding steroid dienone is 6. The lowest BCUT2D eigenvalue weighted by molar-refractivity contribution is -0.151. The van der Waals surface area contributed by atoms with Gasteiger partial charge in [-0.3, -0.25) is 9.59 Å². The maximum Gasteiger partial charge on any atom is 0.316 e. The summed E-state index contributed by atoms with van der Waals surface area (Å²) in [5.74, 6) is -1.09. The van der Waals surface area contributed by atoms with Crippen LogP contribution < -0.4 is 0 Å². The normalized spacial score (nSPS) is 13.4. The molecule has 1 atom stereocenters. The molecule has 0 fully saturated rings. The standard InChI is InChI=1S/C22H36O3/c1-7-21(23)20(22(24)25-8-2)16-15-19(6)14-10-13-18(5)12-9-11-17(3)4/h11,13,15,20H,7-10,12,14,16H2,1-6H3. The van der Waals surface area contributed by atoms with Crippen molar-refractivity contribution in [2.45, 2.75) is 80.1 Å². The van der Waals surface area contributed by atoms with E-state index in [1.807, 2.05) is 6.08 Å². The first-order chi connectivity index (χ1) is 11.8. The highest BCUT2D eigenvalue weighted by Gasteiger charge is 2.25. The van der Waals surface area contributed by atoms with E-state index < -0.39 is 11.9 Å². The van der Waals surface area contributed by atoms with Gasteiger partial charge in [0.05, 0.1) is 6.61 Å². The Balaban J connectivity index is 4.47. The fraction of sp³-hybridized carbons (Fsp3) is 0.636. The molecular formula is C22H36O3. The van der Waals surface area contributed by atoms with Crippen molar-refractivity contribution in [3.05, 3.63) is 34.9 Å². The molecule has 0 aromatic rings. The predicted octanol–water partition coefficient (Wildman–Crippen LogP) is 5.95. The van der Waals surface area contributed by atoms with Crippen LogP contribution in [0.1, 0.15) is 80.1 Å². The van der Waals surface area contributed by atoms with Crippen molar-refractivity contribution in [3.8, 4) is 0 Å². The van der Waals surface area contributed by atoms with Crippen molar-refractivity contribution in [1.82, 2.24) is 0 Å². The number of ketones is 1. The van der Waals surface area contributed by atoms with Crippen LogP contribution in [-0.4, -0.2) is 18.4 Å². The van der Waals surface area contributed by atoms with Gasteiger partial charge >= 0.3 is 5.97 Å². The Morgan fingerprint density at radius 3 is 1.96 bits per heavy atom. The van der Waals surface area contributed by atoms with Crippen molar-refractivity contribution >= 4 is 11.8 Å². The van der Waals surface area contributed by atoms with E-state index in [9.17, 15) is 9.59 Å². The van der Waals surface area contributed by atoms with Crippen LogP contribution in [0.5, 0.6) is 0 Å². The molecule has 0 saturated heterocycles. The van der Waals surface area contributed by atoms with E-state index in [1.165, 1.54) is 16.7 Å². The molecule has 0 saturated carbocycles. The van der Waals surface area contributed by atoms with Crippen molar-refractivity contribution in [1.29, 1.82) is 0 Å². The van der Waals surface area contributed by atoms with Crippen molar-refractivity contribution in [3.63, 3.8) is 0 Å². The van der Waals surface area contributed by atoms with Gasteiger partial charge in [0.2, 0.25) is 0 Å². The van der Waals surface area contributed by atoms with Gasteiger partial charge in [0.25, 0.3) is 0 Å². The largest absolute Gasteiger partial charge is 0.465 e. The minimum absolute atomic E-state index is 0.0440. The van der Waals surface area contributed by atoms with E-state index in [0.29, 0.717) is 19.4 Å². The number of ether oxygens (including phenoxy) is 1. The SMILES string of the molecule is CCOC(=O)C(CC=C(C)CCC=C(C)CCC=C(C)C)C(=O)CC. The molecule has 0 rings (SSSR count). The van der Waals surface area contributed by atoms with Crippen molar-refractivity contribution in [2.75, 3.05) is 6.61 Å². The zero-order chi connectivity index (χ0) is 19.2. The first-order valence-electron chi connectivity index (χ1n) is 9.45. The monoisotopic (exact) mass is 348 g/mol. The second-order valence-corrected chi connectivity index (χ2v) is 6.82. The van der Waals surface area contributed by atoms with Gasteiger partial charge in [-0.2, -0.15) is 0 Å². The number of esters is 1. The summed E-state index contributed by atoms with van der Waals surface area (Å²) in [4.78, 5) is 23.9. The maximum atomic E-state index is 11.9. The number of Topliss-reactive ketones (excluding diaryl/α,β-unsaturated/α-hetero) is 1. The van der Waals surface area contributed by atoms with Crippen LogP contribution in [0.15, 0.2) is 34.9 Å². The summed E-state index contributed by atoms with van der Waals surface area (Å²) < 4.78 is 5.02. The predicted molar refractivity (Wildman–Crippen MR) is 105 cm³/mol. The molecule has 0 aliphatic rings. The molecule has 25 heavy (non-hydrogen) atoms.